The van der Waals surface area contributed by atoms with Gasteiger partial charge in [0.05, 0.1) is 6.61 Å². The van der Waals surface area contributed by atoms with Gasteiger partial charge < -0.3 is 4.74 Å². The third-order valence-electron chi connectivity index (χ3n) is 2.62. The molecular formula is C13H26O2S. The first-order chi connectivity index (χ1) is 7.59. The summed E-state index contributed by atoms with van der Waals surface area (Å²) in [4.78, 5) is 11.4. The molecule has 16 heavy (non-hydrogen) atoms. The zero-order chi connectivity index (χ0) is 12.4. The van der Waals surface area contributed by atoms with Crippen molar-refractivity contribution in [3.8, 4) is 0 Å². The number of thiol groups is 1. The van der Waals surface area contributed by atoms with E-state index in [1.54, 1.807) is 0 Å². The Morgan fingerprint density at radius 2 is 1.69 bits per heavy atom. The first-order valence-electron chi connectivity index (χ1n) is 6.44. The van der Waals surface area contributed by atoms with Crippen LogP contribution >= 0.6 is 12.6 Å². The zero-order valence-electron chi connectivity index (χ0n) is 10.9. The second-order valence-corrected chi connectivity index (χ2v) is 5.18. The van der Waals surface area contributed by atoms with Crippen LogP contribution in [0.4, 0.5) is 0 Å². The number of carbonyl (C=O) groups is 1. The molecule has 0 bridgehead atoms. The number of ether oxygens (including phenoxy) is 1. The van der Waals surface area contributed by atoms with E-state index >= 15 is 0 Å². The first kappa shape index (κ1) is 15.8. The highest BCUT2D eigenvalue weighted by molar-refractivity contribution is 7.81. The van der Waals surface area contributed by atoms with Gasteiger partial charge in [-0.3, -0.25) is 4.79 Å². The first-order valence-corrected chi connectivity index (χ1v) is 6.96. The summed E-state index contributed by atoms with van der Waals surface area (Å²) in [7, 11) is 0. The molecule has 0 saturated heterocycles. The van der Waals surface area contributed by atoms with Crippen molar-refractivity contribution in [1.29, 1.82) is 0 Å². The maximum Gasteiger partial charge on any atom is 0.319 e. The van der Waals surface area contributed by atoms with Crippen molar-refractivity contribution < 1.29 is 9.53 Å². The lowest BCUT2D eigenvalue weighted by atomic mass is 10.1. The van der Waals surface area contributed by atoms with Crippen molar-refractivity contribution in [2.24, 2.45) is 5.92 Å². The van der Waals surface area contributed by atoms with Crippen molar-refractivity contribution in [3.05, 3.63) is 0 Å². The fourth-order valence-corrected chi connectivity index (χ4v) is 1.49. The largest absolute Gasteiger partial charge is 0.465 e. The quantitative estimate of drug-likeness (QED) is 0.380. The minimum absolute atomic E-state index is 0.174. The van der Waals surface area contributed by atoms with Crippen molar-refractivity contribution >= 4 is 18.6 Å². The van der Waals surface area contributed by atoms with Crippen molar-refractivity contribution in [2.45, 2.75) is 64.5 Å². The van der Waals surface area contributed by atoms with Gasteiger partial charge in [-0.25, -0.2) is 0 Å². The van der Waals surface area contributed by atoms with Crippen LogP contribution in [0.5, 0.6) is 0 Å². The van der Waals surface area contributed by atoms with Crippen LogP contribution in [0.3, 0.4) is 0 Å². The lowest BCUT2D eigenvalue weighted by Crippen LogP contribution is -2.23. The molecule has 96 valence electrons. The molecule has 0 spiro atoms. The molecule has 0 aromatic rings. The van der Waals surface area contributed by atoms with E-state index in [0.29, 0.717) is 6.61 Å². The van der Waals surface area contributed by atoms with Crippen LogP contribution in [0.15, 0.2) is 0 Å². The van der Waals surface area contributed by atoms with Crippen molar-refractivity contribution in [1.82, 2.24) is 0 Å². The molecule has 1 atom stereocenters. The van der Waals surface area contributed by atoms with Gasteiger partial charge >= 0.3 is 5.97 Å². The van der Waals surface area contributed by atoms with Gasteiger partial charge in [-0.15, -0.1) is 0 Å². The van der Waals surface area contributed by atoms with Crippen LogP contribution in [0, 0.1) is 5.92 Å². The average molecular weight is 246 g/mol. The Labute approximate surface area is 106 Å². The number of hydrogen-bond acceptors (Lipinski definition) is 3. The molecule has 0 N–H and O–H groups in total. The maximum absolute atomic E-state index is 11.4. The fourth-order valence-electron chi connectivity index (χ4n) is 1.41. The predicted molar refractivity (Wildman–Crippen MR) is 71.9 cm³/mol. The van der Waals surface area contributed by atoms with Crippen molar-refractivity contribution in [3.63, 3.8) is 0 Å². The molecule has 0 aromatic heterocycles. The summed E-state index contributed by atoms with van der Waals surface area (Å²) in [5, 5.41) is -0.278. The summed E-state index contributed by atoms with van der Waals surface area (Å²) in [5.41, 5.74) is 0. The summed E-state index contributed by atoms with van der Waals surface area (Å²) in [6.07, 6.45) is 7.27. The number of hydrogen-bond donors (Lipinski definition) is 1. The second-order valence-electron chi connectivity index (χ2n) is 4.62. The lowest BCUT2D eigenvalue weighted by molar-refractivity contribution is -0.143. The van der Waals surface area contributed by atoms with Crippen LogP contribution in [-0.2, 0) is 9.53 Å². The third-order valence-corrected chi connectivity index (χ3v) is 3.42. The van der Waals surface area contributed by atoms with E-state index in [0.717, 1.165) is 12.8 Å². The standard InChI is InChI=1S/C13H26O2S/c1-4-5-6-7-8-9-10-15-13(14)12(16)11(2)3/h11-12,16H,4-10H2,1-3H3. The topological polar surface area (TPSA) is 26.3 Å². The van der Waals surface area contributed by atoms with Crippen LogP contribution in [0.25, 0.3) is 0 Å². The van der Waals surface area contributed by atoms with Crippen LogP contribution in [0.1, 0.15) is 59.3 Å². The van der Waals surface area contributed by atoms with Crippen LogP contribution < -0.4 is 0 Å². The van der Waals surface area contributed by atoms with Gasteiger partial charge in [0.15, 0.2) is 0 Å². The minimum atomic E-state index is -0.278. The highest BCUT2D eigenvalue weighted by Gasteiger charge is 2.18. The van der Waals surface area contributed by atoms with E-state index in [9.17, 15) is 4.79 Å². The smallest absolute Gasteiger partial charge is 0.319 e. The van der Waals surface area contributed by atoms with E-state index in [2.05, 4.69) is 19.6 Å². The highest BCUT2D eigenvalue weighted by Crippen LogP contribution is 2.11. The second kappa shape index (κ2) is 10.0. The van der Waals surface area contributed by atoms with Gasteiger partial charge in [-0.2, -0.15) is 12.6 Å². The summed E-state index contributed by atoms with van der Waals surface area (Å²) < 4.78 is 5.16. The fraction of sp³-hybridized carbons (Fsp3) is 0.923. The molecule has 2 nitrogen and oxygen atoms in total. The zero-order valence-corrected chi connectivity index (χ0v) is 11.8. The molecule has 0 amide bonds. The Balaban J connectivity index is 3.34. The predicted octanol–water partition coefficient (Wildman–Crippen LogP) is 3.84. The van der Waals surface area contributed by atoms with Gasteiger partial charge in [0.25, 0.3) is 0 Å². The van der Waals surface area contributed by atoms with Gasteiger partial charge in [-0.1, -0.05) is 52.9 Å². The van der Waals surface area contributed by atoms with Crippen molar-refractivity contribution in [2.75, 3.05) is 6.61 Å². The van der Waals surface area contributed by atoms with Crippen LogP contribution in [-0.4, -0.2) is 17.8 Å². The Morgan fingerprint density at radius 3 is 2.25 bits per heavy atom. The summed E-state index contributed by atoms with van der Waals surface area (Å²) in [5.74, 6) is 0.0623. The monoisotopic (exact) mass is 246 g/mol. The maximum atomic E-state index is 11.4. The van der Waals surface area contributed by atoms with E-state index in [4.69, 9.17) is 4.74 Å². The van der Waals surface area contributed by atoms with Gasteiger partial charge in [-0.05, 0) is 12.3 Å². The van der Waals surface area contributed by atoms with E-state index in [1.165, 1.54) is 25.7 Å². The summed E-state index contributed by atoms with van der Waals surface area (Å²) in [6.45, 7) is 6.71. The molecule has 0 aliphatic rings. The minimum Gasteiger partial charge on any atom is -0.465 e. The SMILES string of the molecule is CCCCCCCCOC(=O)C(S)C(C)C. The van der Waals surface area contributed by atoms with E-state index in [-0.39, 0.29) is 17.1 Å². The normalized spacial score (nSPS) is 12.8. The molecule has 0 fully saturated rings. The number of rotatable bonds is 9. The Hall–Kier alpha value is -0.180. The van der Waals surface area contributed by atoms with E-state index < -0.39 is 0 Å². The number of unbranched alkanes of at least 4 members (excludes halogenated alkanes) is 5. The van der Waals surface area contributed by atoms with Crippen LogP contribution in [0.2, 0.25) is 0 Å². The average Bonchev–Trinajstić information content (AvgIpc) is 2.26. The Kier molecular flexibility index (Phi) is 9.89. The molecule has 0 aliphatic carbocycles. The molecule has 1 unspecified atom stereocenters. The molecule has 0 aliphatic heterocycles. The highest BCUT2D eigenvalue weighted by atomic mass is 32.1. The van der Waals surface area contributed by atoms with E-state index in [1.807, 2.05) is 13.8 Å². The Morgan fingerprint density at radius 1 is 1.12 bits per heavy atom. The lowest BCUT2D eigenvalue weighted by Gasteiger charge is -2.13. The molecule has 0 saturated carbocycles. The number of esters is 1. The van der Waals surface area contributed by atoms with Gasteiger partial charge in [0, 0.05) is 0 Å². The molecule has 0 rings (SSSR count). The summed E-state index contributed by atoms with van der Waals surface area (Å²) >= 11 is 4.22. The van der Waals surface area contributed by atoms with Gasteiger partial charge in [0.1, 0.15) is 5.25 Å². The molecule has 3 heteroatoms. The molecule has 0 heterocycles. The van der Waals surface area contributed by atoms with Gasteiger partial charge in [0.2, 0.25) is 0 Å². The number of carbonyl (C=O) groups excluding carboxylic acids is 1. The summed E-state index contributed by atoms with van der Waals surface area (Å²) in [6, 6.07) is 0. The molecular weight excluding hydrogens is 220 g/mol. The molecule has 0 aromatic carbocycles. The Bertz CT molecular complexity index is 181. The molecule has 0 radical (unpaired) electrons. The third kappa shape index (κ3) is 8.03.